The molecule has 2 aromatic rings. The Labute approximate surface area is 167 Å². The van der Waals surface area contributed by atoms with Gasteiger partial charge in [0.1, 0.15) is 23.9 Å². The molecule has 2 fully saturated rings. The molecule has 4 rings (SSSR count). The van der Waals surface area contributed by atoms with Crippen molar-refractivity contribution in [2.24, 2.45) is 11.8 Å². The fraction of sp³-hybridized carbons (Fsp3) is 0.381. The highest BCUT2D eigenvalue weighted by Gasteiger charge is 2.50. The number of carbonyl (C=O) groups is 2. The van der Waals surface area contributed by atoms with Crippen molar-refractivity contribution >= 4 is 11.8 Å². The third-order valence-electron chi connectivity index (χ3n) is 5.68. The van der Waals surface area contributed by atoms with Gasteiger partial charge in [-0.05, 0) is 29.8 Å². The van der Waals surface area contributed by atoms with Crippen LogP contribution in [-0.4, -0.2) is 59.9 Å². The summed E-state index contributed by atoms with van der Waals surface area (Å²) in [4.78, 5) is 32.7. The summed E-state index contributed by atoms with van der Waals surface area (Å²) < 4.78 is 32.0. The number of carbonyl (C=O) groups excluding carboxylic acids is 2. The third kappa shape index (κ3) is 3.72. The van der Waals surface area contributed by atoms with Crippen molar-refractivity contribution in [2.45, 2.75) is 6.04 Å². The van der Waals surface area contributed by atoms with Gasteiger partial charge in [-0.3, -0.25) is 9.59 Å². The van der Waals surface area contributed by atoms with Crippen LogP contribution >= 0.6 is 0 Å². The van der Waals surface area contributed by atoms with Crippen LogP contribution in [0.5, 0.6) is 0 Å². The molecule has 1 aromatic heterocycles. The predicted octanol–water partition coefficient (Wildman–Crippen LogP) is 2.28. The van der Waals surface area contributed by atoms with Crippen LogP contribution in [0.1, 0.15) is 22.1 Å². The fourth-order valence-electron chi connectivity index (χ4n) is 4.46. The number of nitrogens with zero attached hydrogens (tertiary/aromatic N) is 3. The lowest BCUT2D eigenvalue weighted by Crippen LogP contribution is -2.39. The molecule has 6 nitrogen and oxygen atoms in total. The zero-order valence-corrected chi connectivity index (χ0v) is 15.9. The van der Waals surface area contributed by atoms with Crippen LogP contribution in [-0.2, 0) is 9.53 Å². The Morgan fingerprint density at radius 2 is 1.97 bits per heavy atom. The molecule has 0 N–H and O–H groups in total. The molecule has 152 valence electrons. The number of hydrogen-bond donors (Lipinski definition) is 0. The second-order valence-corrected chi connectivity index (χ2v) is 7.47. The molecule has 2 saturated heterocycles. The lowest BCUT2D eigenvalue weighted by Gasteiger charge is -2.30. The molecule has 2 amide bonds. The highest BCUT2D eigenvalue weighted by atomic mass is 19.1. The normalized spacial score (nSPS) is 23.3. The minimum Gasteiger partial charge on any atom is -0.375 e. The minimum atomic E-state index is -0.502. The van der Waals surface area contributed by atoms with Crippen molar-refractivity contribution in [3.63, 3.8) is 0 Å². The number of methoxy groups -OCH3 is 1. The zero-order valence-electron chi connectivity index (χ0n) is 15.9. The Morgan fingerprint density at radius 1 is 1.14 bits per heavy atom. The van der Waals surface area contributed by atoms with Crippen LogP contribution in [0.3, 0.4) is 0 Å². The van der Waals surface area contributed by atoms with Crippen LogP contribution < -0.4 is 0 Å². The predicted molar refractivity (Wildman–Crippen MR) is 99.8 cm³/mol. The summed E-state index contributed by atoms with van der Waals surface area (Å²) in [6.07, 6.45) is 1.02. The lowest BCUT2D eigenvalue weighted by molar-refractivity contribution is -0.136. The molecule has 0 aliphatic carbocycles. The fourth-order valence-corrected chi connectivity index (χ4v) is 4.46. The van der Waals surface area contributed by atoms with Gasteiger partial charge in [-0.1, -0.05) is 12.1 Å². The summed E-state index contributed by atoms with van der Waals surface area (Å²) in [5.41, 5.74) is 0.886. The maximum Gasteiger partial charge on any atom is 0.272 e. The van der Waals surface area contributed by atoms with Crippen LogP contribution in [0.2, 0.25) is 0 Å². The first-order chi connectivity index (χ1) is 14.0. The highest BCUT2D eigenvalue weighted by Crippen LogP contribution is 2.45. The van der Waals surface area contributed by atoms with E-state index in [1.807, 2.05) is 0 Å². The zero-order chi connectivity index (χ0) is 20.5. The lowest BCUT2D eigenvalue weighted by atomic mass is 9.89. The van der Waals surface area contributed by atoms with E-state index in [9.17, 15) is 18.4 Å². The van der Waals surface area contributed by atoms with Crippen molar-refractivity contribution < 1.29 is 23.1 Å². The first-order valence-corrected chi connectivity index (χ1v) is 9.42. The molecule has 0 spiro atoms. The van der Waals surface area contributed by atoms with Gasteiger partial charge in [-0.25, -0.2) is 13.8 Å². The van der Waals surface area contributed by atoms with E-state index in [2.05, 4.69) is 4.98 Å². The molecule has 8 heteroatoms. The number of benzene rings is 1. The number of likely N-dealkylation sites (tertiary alicyclic amines) is 2. The van der Waals surface area contributed by atoms with Gasteiger partial charge in [-0.15, -0.1) is 0 Å². The molecule has 0 saturated carbocycles. The molecular formula is C21H21F2N3O3. The van der Waals surface area contributed by atoms with Gasteiger partial charge >= 0.3 is 0 Å². The molecule has 0 radical (unpaired) electrons. The number of amides is 2. The van der Waals surface area contributed by atoms with Crippen molar-refractivity contribution in [3.8, 4) is 0 Å². The smallest absolute Gasteiger partial charge is 0.272 e. The molecule has 2 aliphatic heterocycles. The van der Waals surface area contributed by atoms with E-state index in [4.69, 9.17) is 4.74 Å². The van der Waals surface area contributed by atoms with Crippen molar-refractivity contribution in [1.82, 2.24) is 14.8 Å². The topological polar surface area (TPSA) is 62.7 Å². The summed E-state index contributed by atoms with van der Waals surface area (Å²) in [7, 11) is 1.46. The van der Waals surface area contributed by atoms with Crippen LogP contribution in [0.25, 0.3) is 0 Å². The number of fused-ring (bicyclic) bond motifs is 1. The average Bonchev–Trinajstić information content (AvgIpc) is 3.26. The Kier molecular flexibility index (Phi) is 5.27. The second kappa shape index (κ2) is 7.87. The maximum atomic E-state index is 13.9. The monoisotopic (exact) mass is 401 g/mol. The van der Waals surface area contributed by atoms with Gasteiger partial charge in [0.15, 0.2) is 0 Å². The van der Waals surface area contributed by atoms with Gasteiger partial charge < -0.3 is 14.5 Å². The molecule has 3 heterocycles. The quantitative estimate of drug-likeness (QED) is 0.789. The van der Waals surface area contributed by atoms with E-state index in [-0.39, 0.29) is 47.8 Å². The molecular weight excluding hydrogens is 380 g/mol. The van der Waals surface area contributed by atoms with Gasteiger partial charge in [0, 0.05) is 38.6 Å². The largest absolute Gasteiger partial charge is 0.375 e. The standard InChI is InChI=1S/C21H21F2N3O3/c1-29-12-19(27)26-10-14-9-25(21(28)18-6-5-16(23)8-24-18)11-17(14)20(26)13-3-2-4-15(22)7-13/h2-8,14,17,20H,9-12H2,1H3/t14-,17-,20+/m1/s1. The minimum absolute atomic E-state index is 0.0259. The number of halogens is 2. The summed E-state index contributed by atoms with van der Waals surface area (Å²) in [6, 6.07) is 8.46. The van der Waals surface area contributed by atoms with E-state index in [0.717, 1.165) is 6.20 Å². The Hall–Kier alpha value is -2.87. The Morgan fingerprint density at radius 3 is 2.66 bits per heavy atom. The number of aromatic nitrogens is 1. The molecule has 2 aliphatic rings. The summed E-state index contributed by atoms with van der Waals surface area (Å²) >= 11 is 0. The van der Waals surface area contributed by atoms with Crippen molar-refractivity contribution in [2.75, 3.05) is 33.4 Å². The Bertz CT molecular complexity index is 922. The van der Waals surface area contributed by atoms with Crippen LogP contribution in [0.15, 0.2) is 42.6 Å². The van der Waals surface area contributed by atoms with Gasteiger partial charge in [0.25, 0.3) is 5.91 Å². The van der Waals surface area contributed by atoms with E-state index in [1.54, 1.807) is 21.9 Å². The number of hydrogen-bond acceptors (Lipinski definition) is 4. The van der Waals surface area contributed by atoms with Crippen molar-refractivity contribution in [3.05, 3.63) is 65.5 Å². The van der Waals surface area contributed by atoms with Crippen molar-refractivity contribution in [1.29, 1.82) is 0 Å². The van der Waals surface area contributed by atoms with E-state index >= 15 is 0 Å². The van der Waals surface area contributed by atoms with Gasteiger partial charge in [0.05, 0.1) is 12.2 Å². The van der Waals surface area contributed by atoms with E-state index < -0.39 is 5.82 Å². The summed E-state index contributed by atoms with van der Waals surface area (Å²) in [5.74, 6) is -1.26. The molecule has 3 atom stereocenters. The number of ether oxygens (including phenoxy) is 1. The van der Waals surface area contributed by atoms with Crippen LogP contribution in [0.4, 0.5) is 8.78 Å². The third-order valence-corrected chi connectivity index (χ3v) is 5.68. The number of rotatable bonds is 4. The molecule has 29 heavy (non-hydrogen) atoms. The van der Waals surface area contributed by atoms with E-state index in [1.165, 1.54) is 31.4 Å². The highest BCUT2D eigenvalue weighted by molar-refractivity contribution is 5.92. The summed E-state index contributed by atoms with van der Waals surface area (Å²) in [5, 5.41) is 0. The first-order valence-electron chi connectivity index (χ1n) is 9.42. The molecule has 0 unspecified atom stereocenters. The van der Waals surface area contributed by atoms with Crippen LogP contribution in [0, 0.1) is 23.5 Å². The van der Waals surface area contributed by atoms with Gasteiger partial charge in [0.2, 0.25) is 5.91 Å². The van der Waals surface area contributed by atoms with Gasteiger partial charge in [-0.2, -0.15) is 0 Å². The SMILES string of the molecule is COCC(=O)N1C[C@H]2CN(C(=O)c3ccc(F)cn3)C[C@H]2[C@@H]1c1cccc(F)c1. The summed E-state index contributed by atoms with van der Waals surface area (Å²) in [6.45, 7) is 1.30. The maximum absolute atomic E-state index is 13.9. The van der Waals surface area contributed by atoms with E-state index in [0.29, 0.717) is 25.2 Å². The average molecular weight is 401 g/mol. The molecule has 0 bridgehead atoms. The Balaban J connectivity index is 1.59. The second-order valence-electron chi connectivity index (χ2n) is 7.47. The first kappa shape index (κ1) is 19.4. The molecule has 1 aromatic carbocycles. The number of pyridine rings is 1.